The molecular formula is C17H20N4OS. The third-order valence-corrected chi connectivity index (χ3v) is 5.93. The molecule has 0 aliphatic carbocycles. The van der Waals surface area contributed by atoms with Gasteiger partial charge in [0.1, 0.15) is 0 Å². The van der Waals surface area contributed by atoms with E-state index in [1.807, 2.05) is 17.0 Å². The molecule has 0 saturated carbocycles. The van der Waals surface area contributed by atoms with Crippen LogP contribution in [0.15, 0.2) is 34.6 Å². The van der Waals surface area contributed by atoms with Gasteiger partial charge in [0.05, 0.1) is 18.5 Å². The van der Waals surface area contributed by atoms with Crippen molar-refractivity contribution in [1.29, 1.82) is 0 Å². The number of aliphatic imine (C=N–C) groups is 1. The minimum absolute atomic E-state index is 0.0179. The van der Waals surface area contributed by atoms with Crippen molar-refractivity contribution in [1.82, 2.24) is 10.2 Å². The number of carbonyl (C=O) groups excluding carboxylic acids is 1. The summed E-state index contributed by atoms with van der Waals surface area (Å²) in [6.45, 7) is 2.28. The number of hydrogen-bond acceptors (Lipinski definition) is 5. The average molecular weight is 328 g/mol. The Hall–Kier alpha value is -2.08. The van der Waals surface area contributed by atoms with E-state index in [2.05, 4.69) is 27.8 Å². The number of fused-ring (bicyclic) bond motifs is 1. The van der Waals surface area contributed by atoms with Crippen LogP contribution in [0.25, 0.3) is 10.1 Å². The lowest BCUT2D eigenvalue weighted by molar-refractivity contribution is -0.132. The lowest BCUT2D eigenvalue weighted by atomic mass is 9.88. The molecule has 2 aliphatic rings. The van der Waals surface area contributed by atoms with Gasteiger partial charge in [-0.25, -0.2) is 0 Å². The fourth-order valence-corrected chi connectivity index (χ4v) is 4.46. The van der Waals surface area contributed by atoms with Crippen molar-refractivity contribution in [3.05, 3.63) is 35.2 Å². The highest BCUT2D eigenvalue weighted by atomic mass is 32.1. The van der Waals surface area contributed by atoms with E-state index in [4.69, 9.17) is 5.73 Å². The zero-order chi connectivity index (χ0) is 15.9. The average Bonchev–Trinajstić information content (AvgIpc) is 3.13. The van der Waals surface area contributed by atoms with Crippen LogP contribution in [0.2, 0.25) is 0 Å². The monoisotopic (exact) mass is 328 g/mol. The number of thiophene rings is 1. The number of guanidine groups is 1. The molecule has 6 heteroatoms. The van der Waals surface area contributed by atoms with Gasteiger partial charge in [0.15, 0.2) is 5.96 Å². The van der Waals surface area contributed by atoms with Crippen LogP contribution in [0.3, 0.4) is 0 Å². The van der Waals surface area contributed by atoms with Crippen molar-refractivity contribution >= 4 is 33.3 Å². The maximum Gasteiger partial charge on any atom is 0.227 e. The minimum Gasteiger partial charge on any atom is -0.370 e. The molecule has 3 N–H and O–H groups in total. The number of rotatable bonds is 2. The Labute approximate surface area is 139 Å². The lowest BCUT2D eigenvalue weighted by Crippen LogP contribution is -2.56. The second-order valence-electron chi connectivity index (χ2n) is 6.42. The highest BCUT2D eigenvalue weighted by Gasteiger charge is 2.38. The Kier molecular flexibility index (Phi) is 3.49. The quantitative estimate of drug-likeness (QED) is 0.882. The number of piperidine rings is 1. The highest BCUT2D eigenvalue weighted by molar-refractivity contribution is 7.17. The summed E-state index contributed by atoms with van der Waals surface area (Å²) < 4.78 is 1.25. The zero-order valence-electron chi connectivity index (χ0n) is 12.9. The van der Waals surface area contributed by atoms with Crippen molar-refractivity contribution in [2.24, 2.45) is 10.7 Å². The van der Waals surface area contributed by atoms with Crippen molar-refractivity contribution in [3.8, 4) is 0 Å². The van der Waals surface area contributed by atoms with Crippen molar-refractivity contribution in [2.75, 3.05) is 19.6 Å². The molecule has 1 fully saturated rings. The standard InChI is InChI=1S/C17H20N4OS/c18-16-19-11-17(20-16)5-7-21(8-6-17)15(22)9-12-10-23-14-4-2-1-3-13(12)14/h1-4,10H,5-9,11H2,(H3,18,19,20). The smallest absolute Gasteiger partial charge is 0.227 e. The van der Waals surface area contributed by atoms with Gasteiger partial charge in [0.25, 0.3) is 0 Å². The third kappa shape index (κ3) is 2.67. The molecule has 0 unspecified atom stereocenters. The Morgan fingerprint density at radius 3 is 2.87 bits per heavy atom. The van der Waals surface area contributed by atoms with Crippen LogP contribution in [-0.2, 0) is 11.2 Å². The number of amides is 1. The van der Waals surface area contributed by atoms with Gasteiger partial charge in [-0.3, -0.25) is 9.79 Å². The van der Waals surface area contributed by atoms with Gasteiger partial charge in [0, 0.05) is 17.8 Å². The molecule has 1 aromatic carbocycles. The van der Waals surface area contributed by atoms with E-state index in [1.54, 1.807) is 11.3 Å². The fourth-order valence-electron chi connectivity index (χ4n) is 3.50. The molecule has 3 heterocycles. The molecule has 1 amide bonds. The topological polar surface area (TPSA) is 70.7 Å². The van der Waals surface area contributed by atoms with Crippen molar-refractivity contribution < 1.29 is 4.79 Å². The molecule has 4 rings (SSSR count). The number of hydrogen-bond donors (Lipinski definition) is 2. The van der Waals surface area contributed by atoms with E-state index in [0.717, 1.165) is 38.0 Å². The van der Waals surface area contributed by atoms with Crippen LogP contribution in [0.5, 0.6) is 0 Å². The minimum atomic E-state index is -0.0179. The molecule has 120 valence electrons. The Morgan fingerprint density at radius 2 is 2.13 bits per heavy atom. The summed E-state index contributed by atoms with van der Waals surface area (Å²) in [7, 11) is 0. The maximum atomic E-state index is 12.6. The predicted molar refractivity (Wildman–Crippen MR) is 93.7 cm³/mol. The summed E-state index contributed by atoms with van der Waals surface area (Å²) in [5.41, 5.74) is 6.86. The lowest BCUT2D eigenvalue weighted by Gasteiger charge is -2.39. The van der Waals surface area contributed by atoms with Crippen LogP contribution >= 0.6 is 11.3 Å². The first-order valence-corrected chi connectivity index (χ1v) is 8.84. The Balaban J connectivity index is 1.41. The molecule has 0 bridgehead atoms. The molecule has 23 heavy (non-hydrogen) atoms. The predicted octanol–water partition coefficient (Wildman–Crippen LogP) is 1.72. The molecule has 0 atom stereocenters. The maximum absolute atomic E-state index is 12.6. The molecular weight excluding hydrogens is 308 g/mol. The van der Waals surface area contributed by atoms with E-state index in [0.29, 0.717) is 12.4 Å². The zero-order valence-corrected chi connectivity index (χ0v) is 13.7. The SMILES string of the molecule is NC1=NCC2(CCN(C(=O)Cc3csc4ccccc34)CC2)N1. The van der Waals surface area contributed by atoms with Gasteiger partial charge in [0.2, 0.25) is 5.91 Å². The second kappa shape index (κ2) is 5.53. The highest BCUT2D eigenvalue weighted by Crippen LogP contribution is 2.28. The van der Waals surface area contributed by atoms with Gasteiger partial charge in [-0.1, -0.05) is 18.2 Å². The van der Waals surface area contributed by atoms with Crippen LogP contribution in [0, 0.1) is 0 Å². The van der Waals surface area contributed by atoms with Gasteiger partial charge in [-0.2, -0.15) is 0 Å². The first-order chi connectivity index (χ1) is 11.2. The van der Waals surface area contributed by atoms with Crippen LogP contribution in [-0.4, -0.2) is 41.9 Å². The number of carbonyl (C=O) groups is 1. The van der Waals surface area contributed by atoms with Gasteiger partial charge in [-0.05, 0) is 35.2 Å². The largest absolute Gasteiger partial charge is 0.370 e. The van der Waals surface area contributed by atoms with Gasteiger partial charge >= 0.3 is 0 Å². The van der Waals surface area contributed by atoms with Crippen molar-refractivity contribution in [3.63, 3.8) is 0 Å². The Morgan fingerprint density at radius 1 is 1.35 bits per heavy atom. The fraction of sp³-hybridized carbons (Fsp3) is 0.412. The van der Waals surface area contributed by atoms with E-state index < -0.39 is 0 Å². The number of benzene rings is 1. The van der Waals surface area contributed by atoms with Crippen LogP contribution in [0.1, 0.15) is 18.4 Å². The molecule has 5 nitrogen and oxygen atoms in total. The van der Waals surface area contributed by atoms with Gasteiger partial charge < -0.3 is 16.0 Å². The molecule has 1 aromatic heterocycles. The normalized spacial score (nSPS) is 19.8. The Bertz CT molecular complexity index is 774. The van der Waals surface area contributed by atoms with E-state index in [9.17, 15) is 4.79 Å². The first kappa shape index (κ1) is 14.5. The second-order valence-corrected chi connectivity index (χ2v) is 7.33. The van der Waals surface area contributed by atoms with E-state index in [-0.39, 0.29) is 11.4 Å². The van der Waals surface area contributed by atoms with Crippen LogP contribution in [0.4, 0.5) is 0 Å². The summed E-state index contributed by atoms with van der Waals surface area (Å²) in [6.07, 6.45) is 2.31. The summed E-state index contributed by atoms with van der Waals surface area (Å²) in [4.78, 5) is 18.9. The number of likely N-dealkylation sites (tertiary alicyclic amines) is 1. The summed E-state index contributed by atoms with van der Waals surface area (Å²) in [5, 5.41) is 6.61. The number of nitrogens with zero attached hydrogens (tertiary/aromatic N) is 2. The molecule has 0 radical (unpaired) electrons. The molecule has 2 aromatic rings. The third-order valence-electron chi connectivity index (χ3n) is 4.92. The molecule has 2 aliphatic heterocycles. The van der Waals surface area contributed by atoms with Crippen LogP contribution < -0.4 is 11.1 Å². The first-order valence-electron chi connectivity index (χ1n) is 7.96. The van der Waals surface area contributed by atoms with Crippen molar-refractivity contribution in [2.45, 2.75) is 24.8 Å². The van der Waals surface area contributed by atoms with E-state index >= 15 is 0 Å². The molecule has 1 saturated heterocycles. The molecule has 1 spiro atoms. The summed E-state index contributed by atoms with van der Waals surface area (Å²) in [5.74, 6) is 0.754. The number of nitrogens with one attached hydrogen (secondary N) is 1. The summed E-state index contributed by atoms with van der Waals surface area (Å²) in [6, 6.07) is 8.28. The van der Waals surface area contributed by atoms with Gasteiger partial charge in [-0.15, -0.1) is 11.3 Å². The summed E-state index contributed by atoms with van der Waals surface area (Å²) >= 11 is 1.71. The number of nitrogens with two attached hydrogens (primary N) is 1. The van der Waals surface area contributed by atoms with E-state index in [1.165, 1.54) is 10.1 Å².